The summed E-state index contributed by atoms with van der Waals surface area (Å²) in [7, 11) is -2.73. The number of benzene rings is 2. The van der Waals surface area contributed by atoms with E-state index < -0.39 is 16.0 Å². The van der Waals surface area contributed by atoms with Crippen LogP contribution in [-0.2, 0) is 42.2 Å². The van der Waals surface area contributed by atoms with Crippen LogP contribution in [0.5, 0.6) is 0 Å². The lowest BCUT2D eigenvalue weighted by Crippen LogP contribution is -2.33. The largest absolute Gasteiger partial charge is 0.465 e. The van der Waals surface area contributed by atoms with Crippen LogP contribution in [0.25, 0.3) is 6.08 Å². The van der Waals surface area contributed by atoms with Gasteiger partial charge in [-0.15, -0.1) is 0 Å². The van der Waals surface area contributed by atoms with Gasteiger partial charge in [0.05, 0.1) is 42.3 Å². The minimum atomic E-state index is -3.99. The lowest BCUT2D eigenvalue weighted by Gasteiger charge is -2.22. The van der Waals surface area contributed by atoms with Gasteiger partial charge in [-0.1, -0.05) is 47.0 Å². The number of amides is 1. The number of esters is 1. The summed E-state index contributed by atoms with van der Waals surface area (Å²) in [6.45, 7) is 4.36. The van der Waals surface area contributed by atoms with Crippen LogP contribution in [0.3, 0.4) is 0 Å². The predicted octanol–water partition coefficient (Wildman–Crippen LogP) is 6.14. The first kappa shape index (κ1) is 32.0. The van der Waals surface area contributed by atoms with Gasteiger partial charge >= 0.3 is 5.97 Å². The molecule has 232 valence electrons. The molecule has 3 aromatic rings. The first-order valence-corrected chi connectivity index (χ1v) is 16.2. The van der Waals surface area contributed by atoms with Crippen molar-refractivity contribution in [3.05, 3.63) is 104 Å². The Labute approximate surface area is 266 Å². The van der Waals surface area contributed by atoms with Gasteiger partial charge < -0.3 is 18.8 Å². The molecule has 1 atom stereocenters. The monoisotopic (exact) mass is 658 g/mol. The number of nitrogens with zero attached hydrogens (tertiary/aromatic N) is 2. The van der Waals surface area contributed by atoms with E-state index in [-0.39, 0.29) is 46.9 Å². The van der Waals surface area contributed by atoms with Gasteiger partial charge in [0.2, 0.25) is 10.0 Å². The molecule has 0 aliphatic carbocycles. The number of hydrogen-bond acceptors (Lipinski definition) is 7. The Balaban J connectivity index is 1.45. The average Bonchev–Trinajstić information content (AvgIpc) is 3.72. The molecular formula is C32H32Cl2N2O7S. The Morgan fingerprint density at radius 3 is 2.50 bits per heavy atom. The number of halogens is 2. The van der Waals surface area contributed by atoms with Gasteiger partial charge in [-0.05, 0) is 74.7 Å². The van der Waals surface area contributed by atoms with E-state index >= 15 is 0 Å². The molecule has 0 bridgehead atoms. The van der Waals surface area contributed by atoms with E-state index in [9.17, 15) is 18.0 Å². The highest BCUT2D eigenvalue weighted by Crippen LogP contribution is 2.34. The quantitative estimate of drug-likeness (QED) is 0.190. The van der Waals surface area contributed by atoms with Crippen LogP contribution in [0.1, 0.15) is 42.4 Å². The molecule has 0 unspecified atom stereocenters. The second-order valence-electron chi connectivity index (χ2n) is 10.7. The molecule has 2 aliphatic rings. The summed E-state index contributed by atoms with van der Waals surface area (Å²) in [5, 5.41) is 0.762. The van der Waals surface area contributed by atoms with Crippen LogP contribution >= 0.6 is 23.2 Å². The Hall–Kier alpha value is -3.41. The fourth-order valence-electron chi connectivity index (χ4n) is 5.24. The molecule has 44 heavy (non-hydrogen) atoms. The fraction of sp³-hybridized carbons (Fsp3) is 0.312. The van der Waals surface area contributed by atoms with Crippen molar-refractivity contribution in [2.75, 3.05) is 20.3 Å². The van der Waals surface area contributed by atoms with Crippen LogP contribution < -0.4 is 0 Å². The van der Waals surface area contributed by atoms with E-state index in [1.54, 1.807) is 61.5 Å². The van der Waals surface area contributed by atoms with Gasteiger partial charge in [-0.3, -0.25) is 4.79 Å². The van der Waals surface area contributed by atoms with Crippen LogP contribution in [-0.4, -0.2) is 55.9 Å². The van der Waals surface area contributed by atoms with E-state index in [1.807, 2.05) is 6.92 Å². The molecular weight excluding hydrogens is 627 g/mol. The molecule has 9 nitrogen and oxygen atoms in total. The topological polar surface area (TPSA) is 106 Å². The molecule has 1 amide bonds. The lowest BCUT2D eigenvalue weighted by molar-refractivity contribution is -0.136. The summed E-state index contributed by atoms with van der Waals surface area (Å²) in [6.07, 6.45) is 3.11. The Kier molecular flexibility index (Phi) is 9.67. The minimum Gasteiger partial charge on any atom is -0.465 e. The molecule has 1 aromatic heterocycles. The predicted molar refractivity (Wildman–Crippen MR) is 166 cm³/mol. The number of carbonyl (C=O) groups is 2. The van der Waals surface area contributed by atoms with Gasteiger partial charge in [-0.25, -0.2) is 13.2 Å². The Morgan fingerprint density at radius 2 is 1.84 bits per heavy atom. The van der Waals surface area contributed by atoms with Gasteiger partial charge in [0, 0.05) is 28.9 Å². The van der Waals surface area contributed by atoms with Crippen molar-refractivity contribution in [1.82, 2.24) is 9.21 Å². The summed E-state index contributed by atoms with van der Waals surface area (Å²) in [6, 6.07) is 14.7. The Bertz CT molecular complexity index is 1740. The van der Waals surface area contributed by atoms with Gasteiger partial charge in [0.15, 0.2) is 0 Å². The highest BCUT2D eigenvalue weighted by atomic mass is 35.5. The second kappa shape index (κ2) is 13.3. The van der Waals surface area contributed by atoms with Crippen LogP contribution in [0.2, 0.25) is 10.0 Å². The van der Waals surface area contributed by atoms with E-state index in [0.717, 1.165) is 18.4 Å². The SMILES string of the molecule is COC(=O)C1=C(C)N(C[C@@H]2CCCO2)C(=O)/C1=C/c1ccc(CN(Cc2ccc(Cl)cc2Cl)S(=O)(=O)c2ccc(C)cc2)o1. The van der Waals surface area contributed by atoms with Crippen molar-refractivity contribution < 1.29 is 31.9 Å². The molecule has 5 rings (SSSR count). The highest BCUT2D eigenvalue weighted by Gasteiger charge is 2.39. The zero-order valence-electron chi connectivity index (χ0n) is 24.5. The van der Waals surface area contributed by atoms with Crippen molar-refractivity contribution in [2.45, 2.75) is 50.8 Å². The number of furan rings is 1. The summed E-state index contributed by atoms with van der Waals surface area (Å²) in [5.74, 6) is -0.412. The van der Waals surface area contributed by atoms with Crippen molar-refractivity contribution in [3.63, 3.8) is 0 Å². The minimum absolute atomic E-state index is 0.0472. The molecule has 12 heteroatoms. The summed E-state index contributed by atoms with van der Waals surface area (Å²) < 4.78 is 45.6. The number of methoxy groups -OCH3 is 1. The molecule has 0 N–H and O–H groups in total. The molecule has 0 spiro atoms. The first-order chi connectivity index (χ1) is 21.0. The first-order valence-electron chi connectivity index (χ1n) is 14.0. The van der Waals surface area contributed by atoms with E-state index in [1.165, 1.54) is 22.4 Å². The maximum atomic E-state index is 13.8. The number of aryl methyl sites for hydroxylation is 1. The van der Waals surface area contributed by atoms with Crippen LogP contribution in [0.4, 0.5) is 0 Å². The number of carbonyl (C=O) groups excluding carboxylic acids is 2. The zero-order chi connectivity index (χ0) is 31.6. The van der Waals surface area contributed by atoms with E-state index in [0.29, 0.717) is 40.2 Å². The molecule has 3 heterocycles. The lowest BCUT2D eigenvalue weighted by atomic mass is 10.1. The van der Waals surface area contributed by atoms with Crippen molar-refractivity contribution in [2.24, 2.45) is 0 Å². The molecule has 0 saturated carbocycles. The third-order valence-electron chi connectivity index (χ3n) is 7.63. The maximum absolute atomic E-state index is 13.8. The summed E-state index contributed by atoms with van der Waals surface area (Å²) in [5.41, 5.74) is 2.24. The third kappa shape index (κ3) is 6.79. The van der Waals surface area contributed by atoms with Crippen molar-refractivity contribution in [1.29, 1.82) is 0 Å². The van der Waals surface area contributed by atoms with E-state index in [2.05, 4.69) is 0 Å². The fourth-order valence-corrected chi connectivity index (χ4v) is 7.09. The third-order valence-corrected chi connectivity index (χ3v) is 10.0. The molecule has 1 fully saturated rings. The van der Waals surface area contributed by atoms with Gasteiger partial charge in [0.1, 0.15) is 11.5 Å². The molecule has 0 radical (unpaired) electrons. The van der Waals surface area contributed by atoms with Gasteiger partial charge in [0.25, 0.3) is 5.91 Å². The number of rotatable bonds is 10. The second-order valence-corrected chi connectivity index (χ2v) is 13.5. The van der Waals surface area contributed by atoms with Crippen molar-refractivity contribution >= 4 is 51.2 Å². The van der Waals surface area contributed by atoms with Crippen LogP contribution in [0, 0.1) is 6.92 Å². The average molecular weight is 660 g/mol. The van der Waals surface area contributed by atoms with Crippen molar-refractivity contribution in [3.8, 4) is 0 Å². The molecule has 1 saturated heterocycles. The number of sulfonamides is 1. The number of allylic oxidation sites excluding steroid dienone is 1. The van der Waals surface area contributed by atoms with Gasteiger partial charge in [-0.2, -0.15) is 4.31 Å². The zero-order valence-corrected chi connectivity index (χ0v) is 26.8. The molecule has 2 aromatic carbocycles. The van der Waals surface area contributed by atoms with Crippen LogP contribution in [0.15, 0.2) is 80.8 Å². The van der Waals surface area contributed by atoms with E-state index in [4.69, 9.17) is 37.1 Å². The summed E-state index contributed by atoms with van der Waals surface area (Å²) in [4.78, 5) is 27.9. The highest BCUT2D eigenvalue weighted by molar-refractivity contribution is 7.89. The maximum Gasteiger partial charge on any atom is 0.340 e. The molecule has 2 aliphatic heterocycles. The number of hydrogen-bond donors (Lipinski definition) is 0. The summed E-state index contributed by atoms with van der Waals surface area (Å²) >= 11 is 12.5. The Morgan fingerprint density at radius 1 is 1.09 bits per heavy atom. The normalized spacial score (nSPS) is 18.2. The standard InChI is InChI=1S/C32H32Cl2N2O7S/c1-20-6-12-27(13-7-20)44(39,40)35(17-22-8-9-23(33)15-29(22)34)18-26-11-10-24(43-26)16-28-30(32(38)41-3)21(2)36(31(28)37)19-25-5-4-14-42-25/h6-13,15-16,25H,4-5,14,17-19H2,1-3H3/b28-16+/t25-/m0/s1. The smallest absolute Gasteiger partial charge is 0.340 e. The number of ether oxygens (including phenoxy) is 2.